The first kappa shape index (κ1) is 22.3. The molecule has 2 heterocycles. The van der Waals surface area contributed by atoms with Crippen LogP contribution in [0.1, 0.15) is 29.3 Å². The molecular weight excluding hydrogens is 446 g/mol. The number of rotatable bonds is 4. The van der Waals surface area contributed by atoms with Gasteiger partial charge in [0, 0.05) is 21.2 Å². The van der Waals surface area contributed by atoms with E-state index < -0.39 is 12.1 Å². The summed E-state index contributed by atoms with van der Waals surface area (Å²) in [7, 11) is 0. The van der Waals surface area contributed by atoms with E-state index in [1.54, 1.807) is 43.4 Å². The highest BCUT2D eigenvalue weighted by Crippen LogP contribution is 2.40. The lowest BCUT2D eigenvalue weighted by Crippen LogP contribution is -2.52. The van der Waals surface area contributed by atoms with Crippen molar-refractivity contribution in [1.29, 1.82) is 0 Å². The van der Waals surface area contributed by atoms with Gasteiger partial charge in [-0.2, -0.15) is 0 Å². The number of ether oxygens (including phenoxy) is 1. The van der Waals surface area contributed by atoms with Crippen molar-refractivity contribution in [2.24, 2.45) is 0 Å². The number of hydrogen-bond acceptors (Lipinski definition) is 5. The standard InChI is InChI=1S/C24H24ClN3O3S/c1-12-18(25)7-6-8-19(12)27-23(29)13(2)28-20-11-17(22-15(4)32-16(5)26-22)9-10-21(20)31-14(3)24(28)30/h6-11,13-14H,1-5H3,(H,27,29). The molecule has 1 N–H and O–H groups in total. The van der Waals surface area contributed by atoms with Crippen molar-refractivity contribution in [1.82, 2.24) is 4.98 Å². The Labute approximate surface area is 196 Å². The molecule has 0 saturated carbocycles. The monoisotopic (exact) mass is 469 g/mol. The maximum absolute atomic E-state index is 13.2. The van der Waals surface area contributed by atoms with E-state index in [1.165, 1.54) is 4.90 Å². The summed E-state index contributed by atoms with van der Waals surface area (Å²) in [6.07, 6.45) is -0.695. The Hall–Kier alpha value is -2.90. The molecule has 166 valence electrons. The minimum Gasteiger partial charge on any atom is -0.479 e. The van der Waals surface area contributed by atoms with Gasteiger partial charge < -0.3 is 10.1 Å². The van der Waals surface area contributed by atoms with Crippen molar-refractivity contribution in [3.8, 4) is 17.0 Å². The summed E-state index contributed by atoms with van der Waals surface area (Å²) in [6, 6.07) is 10.2. The van der Waals surface area contributed by atoms with Crippen molar-refractivity contribution in [3.05, 3.63) is 56.9 Å². The normalized spacial score (nSPS) is 16.4. The van der Waals surface area contributed by atoms with Crippen LogP contribution in [0, 0.1) is 20.8 Å². The van der Waals surface area contributed by atoms with E-state index in [1.807, 2.05) is 39.0 Å². The highest BCUT2D eigenvalue weighted by Gasteiger charge is 2.37. The lowest BCUT2D eigenvalue weighted by atomic mass is 10.0. The van der Waals surface area contributed by atoms with Crippen LogP contribution in [0.3, 0.4) is 0 Å². The third kappa shape index (κ3) is 3.98. The van der Waals surface area contributed by atoms with E-state index in [9.17, 15) is 9.59 Å². The second-order valence-electron chi connectivity index (χ2n) is 7.87. The zero-order chi connectivity index (χ0) is 23.2. The molecule has 4 rings (SSSR count). The van der Waals surface area contributed by atoms with Crippen LogP contribution in [-0.2, 0) is 9.59 Å². The van der Waals surface area contributed by atoms with Crippen molar-refractivity contribution in [3.63, 3.8) is 0 Å². The molecule has 0 bridgehead atoms. The second-order valence-corrected chi connectivity index (χ2v) is 9.68. The summed E-state index contributed by atoms with van der Waals surface area (Å²) < 4.78 is 5.83. The molecule has 2 unspecified atom stereocenters. The fraction of sp³-hybridized carbons (Fsp3) is 0.292. The van der Waals surface area contributed by atoms with E-state index in [-0.39, 0.29) is 11.8 Å². The average molecular weight is 470 g/mol. The molecule has 1 aliphatic rings. The first-order valence-electron chi connectivity index (χ1n) is 10.3. The maximum Gasteiger partial charge on any atom is 0.268 e. The van der Waals surface area contributed by atoms with Crippen LogP contribution < -0.4 is 15.0 Å². The van der Waals surface area contributed by atoms with Crippen LogP contribution in [0.2, 0.25) is 5.02 Å². The smallest absolute Gasteiger partial charge is 0.268 e. The van der Waals surface area contributed by atoms with Crippen molar-refractivity contribution < 1.29 is 14.3 Å². The number of nitrogens with zero attached hydrogens (tertiary/aromatic N) is 2. The topological polar surface area (TPSA) is 71.5 Å². The molecule has 6 nitrogen and oxygen atoms in total. The Morgan fingerprint density at radius 3 is 2.69 bits per heavy atom. The Morgan fingerprint density at radius 1 is 1.25 bits per heavy atom. The second kappa shape index (κ2) is 8.56. The Balaban J connectivity index is 1.71. The zero-order valence-corrected chi connectivity index (χ0v) is 20.1. The van der Waals surface area contributed by atoms with Gasteiger partial charge in [0.15, 0.2) is 6.10 Å². The predicted molar refractivity (Wildman–Crippen MR) is 129 cm³/mol. The molecule has 0 radical (unpaired) electrons. The average Bonchev–Trinajstić information content (AvgIpc) is 3.09. The molecule has 3 aromatic rings. The summed E-state index contributed by atoms with van der Waals surface area (Å²) in [4.78, 5) is 33.5. The van der Waals surface area contributed by atoms with Gasteiger partial charge in [0.1, 0.15) is 11.8 Å². The molecule has 0 saturated heterocycles. The van der Waals surface area contributed by atoms with Gasteiger partial charge in [-0.1, -0.05) is 17.7 Å². The molecule has 0 spiro atoms. The largest absolute Gasteiger partial charge is 0.479 e. The van der Waals surface area contributed by atoms with Crippen LogP contribution in [-0.4, -0.2) is 28.9 Å². The maximum atomic E-state index is 13.2. The van der Waals surface area contributed by atoms with Crippen LogP contribution in [0.5, 0.6) is 5.75 Å². The van der Waals surface area contributed by atoms with Gasteiger partial charge in [-0.05, 0) is 70.5 Å². The minimum atomic E-state index is -0.764. The Bertz CT molecular complexity index is 1220. The summed E-state index contributed by atoms with van der Waals surface area (Å²) in [6.45, 7) is 9.21. The molecule has 2 atom stereocenters. The number of amides is 2. The number of benzene rings is 2. The van der Waals surface area contributed by atoms with Gasteiger partial charge in [0.25, 0.3) is 5.91 Å². The van der Waals surface area contributed by atoms with Crippen molar-refractivity contribution >= 4 is 46.1 Å². The van der Waals surface area contributed by atoms with Crippen LogP contribution in [0.4, 0.5) is 11.4 Å². The number of halogens is 1. The molecule has 1 aliphatic heterocycles. The van der Waals surface area contributed by atoms with E-state index in [0.717, 1.165) is 26.7 Å². The quantitative estimate of drug-likeness (QED) is 0.545. The predicted octanol–water partition coefficient (Wildman–Crippen LogP) is 5.53. The van der Waals surface area contributed by atoms with Gasteiger partial charge in [0.05, 0.1) is 16.4 Å². The summed E-state index contributed by atoms with van der Waals surface area (Å²) in [5, 5.41) is 4.44. The highest BCUT2D eigenvalue weighted by molar-refractivity contribution is 7.11. The fourth-order valence-corrected chi connectivity index (χ4v) is 4.82. The van der Waals surface area contributed by atoms with Gasteiger partial charge >= 0.3 is 0 Å². The third-order valence-corrected chi connectivity index (χ3v) is 6.87. The third-order valence-electron chi connectivity index (χ3n) is 5.58. The lowest BCUT2D eigenvalue weighted by molar-refractivity contribution is -0.128. The first-order valence-corrected chi connectivity index (χ1v) is 11.5. The van der Waals surface area contributed by atoms with Gasteiger partial charge in [-0.15, -0.1) is 11.3 Å². The van der Waals surface area contributed by atoms with Gasteiger partial charge in [-0.25, -0.2) is 4.98 Å². The minimum absolute atomic E-state index is 0.272. The number of carbonyl (C=O) groups excluding carboxylic acids is 2. The number of nitrogens with one attached hydrogen (secondary N) is 1. The van der Waals surface area contributed by atoms with Gasteiger partial charge in [-0.3, -0.25) is 14.5 Å². The Kier molecular flexibility index (Phi) is 5.97. The van der Waals surface area contributed by atoms with Gasteiger partial charge in [0.2, 0.25) is 5.91 Å². The van der Waals surface area contributed by atoms with E-state index in [0.29, 0.717) is 22.1 Å². The van der Waals surface area contributed by atoms with Crippen LogP contribution in [0.15, 0.2) is 36.4 Å². The first-order chi connectivity index (χ1) is 15.2. The molecule has 0 aliphatic carbocycles. The van der Waals surface area contributed by atoms with E-state index in [2.05, 4.69) is 10.3 Å². The van der Waals surface area contributed by atoms with E-state index in [4.69, 9.17) is 16.3 Å². The molecule has 0 fully saturated rings. The van der Waals surface area contributed by atoms with E-state index >= 15 is 0 Å². The Morgan fingerprint density at radius 2 is 2.00 bits per heavy atom. The lowest BCUT2D eigenvalue weighted by Gasteiger charge is -2.36. The SMILES string of the molecule is Cc1nc(-c2ccc3c(c2)N(C(C)C(=O)Nc2cccc(Cl)c2C)C(=O)C(C)O3)c(C)s1. The zero-order valence-electron chi connectivity index (χ0n) is 18.5. The number of thiazole rings is 1. The highest BCUT2D eigenvalue weighted by atomic mass is 35.5. The summed E-state index contributed by atoms with van der Waals surface area (Å²) in [5.74, 6) is -0.0230. The summed E-state index contributed by atoms with van der Waals surface area (Å²) in [5.41, 5.74) is 3.69. The number of carbonyl (C=O) groups is 2. The molecule has 2 aromatic carbocycles. The molecule has 8 heteroatoms. The number of fused-ring (bicyclic) bond motifs is 1. The molecule has 32 heavy (non-hydrogen) atoms. The van der Waals surface area contributed by atoms with Crippen LogP contribution in [0.25, 0.3) is 11.3 Å². The van der Waals surface area contributed by atoms with Crippen molar-refractivity contribution in [2.45, 2.75) is 46.8 Å². The molecule has 2 amide bonds. The number of anilines is 2. The van der Waals surface area contributed by atoms with Crippen molar-refractivity contribution in [2.75, 3.05) is 10.2 Å². The fourth-order valence-electron chi connectivity index (χ4n) is 3.80. The number of hydrogen-bond donors (Lipinski definition) is 1. The van der Waals surface area contributed by atoms with Crippen LogP contribution >= 0.6 is 22.9 Å². The summed E-state index contributed by atoms with van der Waals surface area (Å²) >= 11 is 7.81. The number of aryl methyl sites for hydroxylation is 2. The number of aromatic nitrogens is 1. The molecular formula is C24H24ClN3O3S. The molecule has 1 aromatic heterocycles.